The Hall–Kier alpha value is -3.09. The van der Waals surface area contributed by atoms with Gasteiger partial charge in [-0.1, -0.05) is 5.16 Å². The molecule has 132 valence electrons. The highest BCUT2D eigenvalue weighted by atomic mass is 32.2. The fraction of sp³-hybridized carbons (Fsp3) is 0.118. The minimum absolute atomic E-state index is 0.0154. The normalized spacial score (nSPS) is 12.5. The van der Waals surface area contributed by atoms with Crippen LogP contribution in [0.15, 0.2) is 57.9 Å². The van der Waals surface area contributed by atoms with Crippen LogP contribution in [-0.4, -0.2) is 18.6 Å². The molecule has 1 aromatic heterocycles. The van der Waals surface area contributed by atoms with Crippen LogP contribution in [0.25, 0.3) is 11.4 Å². The highest BCUT2D eigenvalue weighted by molar-refractivity contribution is 7.89. The minimum Gasteiger partial charge on any atom is -0.337 e. The van der Waals surface area contributed by atoms with Crippen LogP contribution in [-0.2, 0) is 10.0 Å². The molecule has 0 unspecified atom stereocenters. The van der Waals surface area contributed by atoms with Crippen molar-refractivity contribution in [1.82, 2.24) is 14.9 Å². The molecule has 0 saturated carbocycles. The lowest BCUT2D eigenvalue weighted by Gasteiger charge is -2.10. The van der Waals surface area contributed by atoms with Crippen LogP contribution >= 0.6 is 0 Å². The van der Waals surface area contributed by atoms with E-state index in [0.717, 1.165) is 0 Å². The molecule has 0 fully saturated rings. The molecule has 0 aliphatic rings. The molecule has 1 atom stereocenters. The molecule has 0 aliphatic carbocycles. The summed E-state index contributed by atoms with van der Waals surface area (Å²) in [5, 5.41) is 12.6. The van der Waals surface area contributed by atoms with Gasteiger partial charge in [-0.05, 0) is 55.5 Å². The van der Waals surface area contributed by atoms with Gasteiger partial charge in [0, 0.05) is 5.56 Å². The molecule has 0 bridgehead atoms. The Kier molecular flexibility index (Phi) is 4.79. The van der Waals surface area contributed by atoms with Gasteiger partial charge >= 0.3 is 0 Å². The third-order valence-corrected chi connectivity index (χ3v) is 5.10. The maximum Gasteiger partial charge on any atom is 0.244 e. The zero-order valence-electron chi connectivity index (χ0n) is 13.5. The van der Waals surface area contributed by atoms with Gasteiger partial charge in [0.15, 0.2) is 0 Å². The van der Waals surface area contributed by atoms with E-state index < -0.39 is 16.1 Å². The molecular formula is C17H13FN4O3S. The number of benzene rings is 2. The van der Waals surface area contributed by atoms with Crippen molar-refractivity contribution in [3.05, 3.63) is 65.8 Å². The van der Waals surface area contributed by atoms with Gasteiger partial charge in [-0.25, -0.2) is 12.8 Å². The number of hydrogen-bond donors (Lipinski definition) is 1. The number of aromatic nitrogens is 2. The van der Waals surface area contributed by atoms with Crippen LogP contribution in [0.1, 0.15) is 24.4 Å². The summed E-state index contributed by atoms with van der Waals surface area (Å²) in [7, 11) is -3.83. The summed E-state index contributed by atoms with van der Waals surface area (Å²) in [6.45, 7) is 1.56. The molecule has 1 N–H and O–H groups in total. The van der Waals surface area contributed by atoms with Crippen molar-refractivity contribution in [3.8, 4) is 17.5 Å². The third-order valence-electron chi connectivity index (χ3n) is 3.54. The third kappa shape index (κ3) is 3.77. The van der Waals surface area contributed by atoms with Crippen molar-refractivity contribution in [1.29, 1.82) is 5.26 Å². The Labute approximate surface area is 149 Å². The van der Waals surface area contributed by atoms with Gasteiger partial charge in [-0.15, -0.1) is 0 Å². The van der Waals surface area contributed by atoms with Gasteiger partial charge in [-0.2, -0.15) is 15.0 Å². The molecule has 0 radical (unpaired) electrons. The molecule has 2 aromatic carbocycles. The fourth-order valence-corrected chi connectivity index (χ4v) is 3.38. The number of nitrogens with one attached hydrogen (secondary N) is 1. The number of nitriles is 1. The molecule has 3 aromatic rings. The molecule has 0 aliphatic heterocycles. The van der Waals surface area contributed by atoms with Gasteiger partial charge in [0.05, 0.1) is 22.6 Å². The first-order chi connectivity index (χ1) is 12.4. The lowest BCUT2D eigenvalue weighted by molar-refractivity contribution is 0.354. The zero-order valence-corrected chi connectivity index (χ0v) is 14.4. The van der Waals surface area contributed by atoms with E-state index in [2.05, 4.69) is 14.9 Å². The SMILES string of the molecule is C[C@@H](NS(=O)(=O)c1ccc(C#N)cc1)c1nc(-c2ccc(F)cc2)no1. The topological polar surface area (TPSA) is 109 Å². The van der Waals surface area contributed by atoms with E-state index in [1.54, 1.807) is 6.92 Å². The molecule has 26 heavy (non-hydrogen) atoms. The maximum absolute atomic E-state index is 13.0. The first kappa shape index (κ1) is 17.7. The van der Waals surface area contributed by atoms with Crippen molar-refractivity contribution < 1.29 is 17.3 Å². The van der Waals surface area contributed by atoms with Crippen LogP contribution < -0.4 is 4.72 Å². The Morgan fingerprint density at radius 3 is 2.42 bits per heavy atom. The van der Waals surface area contributed by atoms with Gasteiger partial charge in [-0.3, -0.25) is 0 Å². The van der Waals surface area contributed by atoms with Crippen LogP contribution in [0.4, 0.5) is 4.39 Å². The van der Waals surface area contributed by atoms with E-state index >= 15 is 0 Å². The summed E-state index contributed by atoms with van der Waals surface area (Å²) in [6.07, 6.45) is 0. The van der Waals surface area contributed by atoms with Crippen molar-refractivity contribution in [2.24, 2.45) is 0 Å². The summed E-state index contributed by atoms with van der Waals surface area (Å²) in [4.78, 5) is 4.16. The second kappa shape index (κ2) is 7.03. The van der Waals surface area contributed by atoms with Gasteiger partial charge in [0.1, 0.15) is 5.82 Å². The molecule has 0 amide bonds. The van der Waals surface area contributed by atoms with Crippen LogP contribution in [0.3, 0.4) is 0 Å². The average molecular weight is 372 g/mol. The lowest BCUT2D eigenvalue weighted by Crippen LogP contribution is -2.27. The average Bonchev–Trinajstić information content (AvgIpc) is 3.12. The molecule has 1 heterocycles. The van der Waals surface area contributed by atoms with Crippen molar-refractivity contribution in [3.63, 3.8) is 0 Å². The van der Waals surface area contributed by atoms with E-state index in [9.17, 15) is 12.8 Å². The quantitative estimate of drug-likeness (QED) is 0.738. The lowest BCUT2D eigenvalue weighted by atomic mass is 10.2. The van der Waals surface area contributed by atoms with E-state index in [-0.39, 0.29) is 22.4 Å². The zero-order chi connectivity index (χ0) is 18.7. The molecule has 9 heteroatoms. The number of hydrogen-bond acceptors (Lipinski definition) is 6. The Morgan fingerprint density at radius 1 is 1.15 bits per heavy atom. The van der Waals surface area contributed by atoms with E-state index in [1.807, 2.05) is 6.07 Å². The Balaban J connectivity index is 1.78. The van der Waals surface area contributed by atoms with Gasteiger partial charge in [0.25, 0.3) is 0 Å². The smallest absolute Gasteiger partial charge is 0.244 e. The summed E-state index contributed by atoms with van der Waals surface area (Å²) < 4.78 is 45.3. The Bertz CT molecular complexity index is 1050. The first-order valence-corrected chi connectivity index (χ1v) is 8.99. The second-order valence-corrected chi connectivity index (χ2v) is 7.16. The predicted octanol–water partition coefficient (Wildman–Crippen LogP) is 2.79. The van der Waals surface area contributed by atoms with Crippen LogP contribution in [0.5, 0.6) is 0 Å². The highest BCUT2D eigenvalue weighted by Crippen LogP contribution is 2.20. The second-order valence-electron chi connectivity index (χ2n) is 5.44. The molecular weight excluding hydrogens is 359 g/mol. The van der Waals surface area contributed by atoms with Crippen molar-refractivity contribution in [2.75, 3.05) is 0 Å². The summed E-state index contributed by atoms with van der Waals surface area (Å²) in [5.74, 6) is -0.0908. The summed E-state index contributed by atoms with van der Waals surface area (Å²) in [6, 6.07) is 12.2. The first-order valence-electron chi connectivity index (χ1n) is 7.51. The largest absolute Gasteiger partial charge is 0.337 e. The van der Waals surface area contributed by atoms with Crippen LogP contribution in [0, 0.1) is 17.1 Å². The highest BCUT2D eigenvalue weighted by Gasteiger charge is 2.22. The minimum atomic E-state index is -3.83. The van der Waals surface area contributed by atoms with Gasteiger partial charge < -0.3 is 4.52 Å². The van der Waals surface area contributed by atoms with Gasteiger partial charge in [0.2, 0.25) is 21.7 Å². The number of nitrogens with zero attached hydrogens (tertiary/aromatic N) is 3. The number of sulfonamides is 1. The van der Waals surface area contributed by atoms with Crippen molar-refractivity contribution in [2.45, 2.75) is 17.9 Å². The molecule has 0 saturated heterocycles. The molecule has 3 rings (SSSR count). The summed E-state index contributed by atoms with van der Waals surface area (Å²) >= 11 is 0. The monoisotopic (exact) mass is 372 g/mol. The Morgan fingerprint density at radius 2 is 1.81 bits per heavy atom. The standard InChI is InChI=1S/C17H13FN4O3S/c1-11(22-26(23,24)15-8-2-12(10-19)3-9-15)17-20-16(21-25-17)13-4-6-14(18)7-5-13/h2-9,11,22H,1H3/t11-/m1/s1. The molecule has 0 spiro atoms. The summed E-state index contributed by atoms with van der Waals surface area (Å²) in [5.41, 5.74) is 0.904. The number of halogens is 1. The van der Waals surface area contributed by atoms with E-state index in [4.69, 9.17) is 9.78 Å². The van der Waals surface area contributed by atoms with Crippen molar-refractivity contribution >= 4 is 10.0 Å². The van der Waals surface area contributed by atoms with E-state index in [1.165, 1.54) is 48.5 Å². The predicted molar refractivity (Wildman–Crippen MR) is 89.6 cm³/mol. The fourth-order valence-electron chi connectivity index (χ4n) is 2.19. The van der Waals surface area contributed by atoms with Crippen LogP contribution in [0.2, 0.25) is 0 Å². The molecule has 7 nitrogen and oxygen atoms in total. The maximum atomic E-state index is 13.0. The number of rotatable bonds is 5. The van der Waals surface area contributed by atoms with E-state index in [0.29, 0.717) is 11.1 Å².